The van der Waals surface area contributed by atoms with Crippen molar-refractivity contribution < 1.29 is 9.90 Å². The molecule has 0 aliphatic heterocycles. The summed E-state index contributed by atoms with van der Waals surface area (Å²) in [7, 11) is 0. The molecule has 0 saturated carbocycles. The third kappa shape index (κ3) is 4.30. The second-order valence-corrected chi connectivity index (χ2v) is 6.11. The van der Waals surface area contributed by atoms with E-state index >= 15 is 0 Å². The number of rotatable bonds is 4. The number of aliphatic hydroxyl groups excluding tert-OH is 1. The molecular formula is C15H14Cl2N2O2S. The van der Waals surface area contributed by atoms with E-state index in [1.54, 1.807) is 17.8 Å². The number of carbonyl (C=O) groups is 1. The highest BCUT2D eigenvalue weighted by Gasteiger charge is 2.11. The molecule has 116 valence electrons. The van der Waals surface area contributed by atoms with Gasteiger partial charge in [-0.05, 0) is 36.6 Å². The molecule has 22 heavy (non-hydrogen) atoms. The molecule has 3 N–H and O–H groups in total. The molecule has 2 amide bonds. The van der Waals surface area contributed by atoms with Gasteiger partial charge in [0.1, 0.15) is 0 Å². The highest BCUT2D eigenvalue weighted by atomic mass is 35.5. The predicted molar refractivity (Wildman–Crippen MR) is 93.2 cm³/mol. The molecule has 0 unspecified atom stereocenters. The molecule has 0 bridgehead atoms. The third-order valence-corrected chi connectivity index (χ3v) is 4.17. The maximum Gasteiger partial charge on any atom is 0.323 e. The van der Waals surface area contributed by atoms with E-state index in [1.165, 1.54) is 12.1 Å². The van der Waals surface area contributed by atoms with Gasteiger partial charge in [0.15, 0.2) is 0 Å². The molecule has 2 aromatic rings. The fraction of sp³-hybridized carbons (Fsp3) is 0.133. The Morgan fingerprint density at radius 3 is 2.68 bits per heavy atom. The third-order valence-electron chi connectivity index (χ3n) is 2.89. The topological polar surface area (TPSA) is 61.4 Å². The maximum absolute atomic E-state index is 12.1. The maximum atomic E-state index is 12.1. The van der Waals surface area contributed by atoms with E-state index < -0.39 is 6.03 Å². The average Bonchev–Trinajstić information content (AvgIpc) is 2.47. The summed E-state index contributed by atoms with van der Waals surface area (Å²) in [5, 5.41) is 15.4. The van der Waals surface area contributed by atoms with Gasteiger partial charge in [-0.2, -0.15) is 0 Å². The lowest BCUT2D eigenvalue weighted by Crippen LogP contribution is -2.20. The number of aliphatic hydroxyl groups is 1. The van der Waals surface area contributed by atoms with Crippen LogP contribution >= 0.6 is 35.0 Å². The Morgan fingerprint density at radius 2 is 2.00 bits per heavy atom. The van der Waals surface area contributed by atoms with Crippen LogP contribution in [0.5, 0.6) is 0 Å². The van der Waals surface area contributed by atoms with Crippen LogP contribution in [0, 0.1) is 0 Å². The number of urea groups is 1. The van der Waals surface area contributed by atoms with Gasteiger partial charge < -0.3 is 15.7 Å². The first kappa shape index (κ1) is 17.0. The quantitative estimate of drug-likeness (QED) is 0.686. The van der Waals surface area contributed by atoms with E-state index in [2.05, 4.69) is 10.6 Å². The van der Waals surface area contributed by atoms with Crippen LogP contribution in [0.15, 0.2) is 41.3 Å². The molecule has 0 aliphatic rings. The summed E-state index contributed by atoms with van der Waals surface area (Å²) in [4.78, 5) is 13.1. The zero-order valence-electron chi connectivity index (χ0n) is 11.7. The summed E-state index contributed by atoms with van der Waals surface area (Å²) >= 11 is 13.5. The molecule has 0 heterocycles. The van der Waals surface area contributed by atoms with Crippen molar-refractivity contribution in [3.05, 3.63) is 52.0 Å². The van der Waals surface area contributed by atoms with Crippen molar-refractivity contribution in [1.29, 1.82) is 0 Å². The van der Waals surface area contributed by atoms with Gasteiger partial charge in [0.2, 0.25) is 0 Å². The van der Waals surface area contributed by atoms with Gasteiger partial charge in [-0.25, -0.2) is 4.79 Å². The van der Waals surface area contributed by atoms with Crippen LogP contribution in [0.4, 0.5) is 16.2 Å². The van der Waals surface area contributed by atoms with Crippen molar-refractivity contribution >= 4 is 52.4 Å². The zero-order valence-corrected chi connectivity index (χ0v) is 14.0. The van der Waals surface area contributed by atoms with Crippen LogP contribution < -0.4 is 10.6 Å². The van der Waals surface area contributed by atoms with Gasteiger partial charge in [-0.3, -0.25) is 0 Å². The summed E-state index contributed by atoms with van der Waals surface area (Å²) in [6, 6.07) is 10.1. The fourth-order valence-corrected chi connectivity index (χ4v) is 2.87. The molecule has 0 spiro atoms. The fourth-order valence-electron chi connectivity index (χ4n) is 1.86. The summed E-state index contributed by atoms with van der Waals surface area (Å²) in [5.74, 6) is 0. The van der Waals surface area contributed by atoms with Crippen molar-refractivity contribution in [1.82, 2.24) is 0 Å². The molecule has 2 rings (SSSR count). The second kappa shape index (κ2) is 7.74. The Balaban J connectivity index is 2.15. The minimum atomic E-state index is -0.439. The molecule has 0 fully saturated rings. The molecule has 0 saturated heterocycles. The number of thioether (sulfide) groups is 1. The SMILES string of the molecule is CSc1cccc(NC(=O)Nc2cc(Cl)cc(Cl)c2CO)c1. The normalized spacial score (nSPS) is 10.4. The largest absolute Gasteiger partial charge is 0.392 e. The van der Waals surface area contributed by atoms with Crippen molar-refractivity contribution in [3.8, 4) is 0 Å². The monoisotopic (exact) mass is 356 g/mol. The first-order valence-corrected chi connectivity index (χ1v) is 8.32. The smallest absolute Gasteiger partial charge is 0.323 e. The summed E-state index contributed by atoms with van der Waals surface area (Å²) in [6.45, 7) is -0.298. The molecule has 0 aliphatic carbocycles. The molecule has 0 atom stereocenters. The van der Waals surface area contributed by atoms with Crippen molar-refractivity contribution in [2.24, 2.45) is 0 Å². The first-order valence-electron chi connectivity index (χ1n) is 6.34. The number of hydrogen-bond donors (Lipinski definition) is 3. The summed E-state index contributed by atoms with van der Waals surface area (Å²) < 4.78 is 0. The molecular weight excluding hydrogens is 343 g/mol. The number of carbonyl (C=O) groups excluding carboxylic acids is 1. The molecule has 2 aromatic carbocycles. The Morgan fingerprint density at radius 1 is 1.23 bits per heavy atom. The van der Waals surface area contributed by atoms with Crippen LogP contribution in [0.1, 0.15) is 5.56 Å². The van der Waals surface area contributed by atoms with E-state index in [-0.39, 0.29) is 6.61 Å². The Kier molecular flexibility index (Phi) is 5.97. The van der Waals surface area contributed by atoms with Crippen molar-refractivity contribution in [2.75, 3.05) is 16.9 Å². The molecule has 4 nitrogen and oxygen atoms in total. The van der Waals surface area contributed by atoms with Gasteiger partial charge in [-0.15, -0.1) is 11.8 Å². The summed E-state index contributed by atoms with van der Waals surface area (Å²) in [6.07, 6.45) is 1.96. The number of nitrogens with one attached hydrogen (secondary N) is 2. The molecule has 0 radical (unpaired) electrons. The first-order chi connectivity index (χ1) is 10.5. The van der Waals surface area contributed by atoms with Gasteiger partial charge >= 0.3 is 6.03 Å². The van der Waals surface area contributed by atoms with Crippen LogP contribution in [0.2, 0.25) is 10.0 Å². The minimum Gasteiger partial charge on any atom is -0.392 e. The number of anilines is 2. The second-order valence-electron chi connectivity index (χ2n) is 4.38. The minimum absolute atomic E-state index is 0.298. The van der Waals surface area contributed by atoms with E-state index in [0.717, 1.165) is 4.90 Å². The average molecular weight is 357 g/mol. The standard InChI is InChI=1S/C15H14Cl2N2O2S/c1-22-11-4-2-3-10(7-11)18-15(21)19-14-6-9(16)5-13(17)12(14)8-20/h2-7,20H,8H2,1H3,(H2,18,19,21). The number of benzene rings is 2. The Hall–Kier alpha value is -1.40. The summed E-state index contributed by atoms with van der Waals surface area (Å²) in [5.41, 5.74) is 1.46. The number of hydrogen-bond acceptors (Lipinski definition) is 3. The van der Waals surface area contributed by atoms with Crippen molar-refractivity contribution in [2.45, 2.75) is 11.5 Å². The Bertz CT molecular complexity index is 695. The zero-order chi connectivity index (χ0) is 16.1. The Labute approximate surface area is 142 Å². The van der Waals surface area contributed by atoms with Gasteiger partial charge in [0.05, 0.1) is 12.3 Å². The highest BCUT2D eigenvalue weighted by Crippen LogP contribution is 2.29. The van der Waals surface area contributed by atoms with Gasteiger partial charge in [-0.1, -0.05) is 29.3 Å². The molecule has 7 heteroatoms. The lowest BCUT2D eigenvalue weighted by Gasteiger charge is -2.13. The van der Waals surface area contributed by atoms with Crippen LogP contribution in [-0.4, -0.2) is 17.4 Å². The van der Waals surface area contributed by atoms with E-state index in [0.29, 0.717) is 27.0 Å². The van der Waals surface area contributed by atoms with E-state index in [1.807, 2.05) is 24.5 Å². The number of amides is 2. The van der Waals surface area contributed by atoms with Crippen molar-refractivity contribution in [3.63, 3.8) is 0 Å². The number of halogens is 2. The van der Waals surface area contributed by atoms with E-state index in [4.69, 9.17) is 23.2 Å². The van der Waals surface area contributed by atoms with Gasteiger partial charge in [0, 0.05) is 26.2 Å². The van der Waals surface area contributed by atoms with Crippen LogP contribution in [-0.2, 0) is 6.61 Å². The van der Waals surface area contributed by atoms with Crippen LogP contribution in [0.3, 0.4) is 0 Å². The lowest BCUT2D eigenvalue weighted by molar-refractivity contribution is 0.262. The highest BCUT2D eigenvalue weighted by molar-refractivity contribution is 7.98. The lowest BCUT2D eigenvalue weighted by atomic mass is 10.2. The van der Waals surface area contributed by atoms with Gasteiger partial charge in [0.25, 0.3) is 0 Å². The molecule has 0 aromatic heterocycles. The predicted octanol–water partition coefficient (Wildman–Crippen LogP) is 4.85. The van der Waals surface area contributed by atoms with E-state index in [9.17, 15) is 9.90 Å². The van der Waals surface area contributed by atoms with Crippen LogP contribution in [0.25, 0.3) is 0 Å².